The lowest BCUT2D eigenvalue weighted by atomic mass is 9.85. The van der Waals surface area contributed by atoms with E-state index in [9.17, 15) is 24.6 Å². The van der Waals surface area contributed by atoms with Crippen LogP contribution in [0.1, 0.15) is 47.5 Å². The molecule has 9 heteroatoms. The Labute approximate surface area is 231 Å². The van der Waals surface area contributed by atoms with Crippen LogP contribution in [0.4, 0.5) is 0 Å². The summed E-state index contributed by atoms with van der Waals surface area (Å²) in [6.45, 7) is 8.82. The second-order valence-electron chi connectivity index (χ2n) is 10.5. The third-order valence-electron chi connectivity index (χ3n) is 6.90. The van der Waals surface area contributed by atoms with Gasteiger partial charge in [0.2, 0.25) is 11.6 Å². The summed E-state index contributed by atoms with van der Waals surface area (Å²) < 4.78 is 11.2. The Kier molecular flexibility index (Phi) is 12.5. The van der Waals surface area contributed by atoms with E-state index in [2.05, 4.69) is 10.6 Å². The van der Waals surface area contributed by atoms with Crippen molar-refractivity contribution in [2.24, 2.45) is 11.8 Å². The molecule has 1 radical (unpaired) electrons. The highest BCUT2D eigenvalue weighted by atomic mass is 16.5. The maximum Gasteiger partial charge on any atom is 0.251 e. The molecule has 1 aliphatic heterocycles. The number of aliphatic hydroxyl groups excluding tert-OH is 2. The molecule has 215 valence electrons. The van der Waals surface area contributed by atoms with E-state index in [0.717, 1.165) is 11.6 Å². The number of nitrogens with one attached hydrogen (secondary N) is 2. The molecule has 1 heterocycles. The third-order valence-corrected chi connectivity index (χ3v) is 6.90. The smallest absolute Gasteiger partial charge is 0.251 e. The highest BCUT2D eigenvalue weighted by Gasteiger charge is 2.33. The van der Waals surface area contributed by atoms with Crippen molar-refractivity contribution in [3.8, 4) is 0 Å². The number of allylic oxidation sites excluding steroid dienone is 4. The first-order chi connectivity index (χ1) is 18.4. The molecule has 0 saturated heterocycles. The summed E-state index contributed by atoms with van der Waals surface area (Å²) >= 11 is 0. The summed E-state index contributed by atoms with van der Waals surface area (Å²) in [6, 6.07) is -0.463. The normalized spacial score (nSPS) is 32.4. The van der Waals surface area contributed by atoms with Gasteiger partial charge in [-0.3, -0.25) is 14.4 Å². The lowest BCUT2D eigenvalue weighted by Gasteiger charge is -2.29. The van der Waals surface area contributed by atoms with Crippen LogP contribution in [0.5, 0.6) is 0 Å². The monoisotopic (exact) mass is 543 g/mol. The molecule has 0 unspecified atom stereocenters. The second-order valence-corrected chi connectivity index (χ2v) is 10.5. The first-order valence-corrected chi connectivity index (χ1v) is 13.3. The molecule has 2 rings (SSSR count). The van der Waals surface area contributed by atoms with E-state index in [0.29, 0.717) is 12.0 Å². The van der Waals surface area contributed by atoms with Gasteiger partial charge in [0.05, 0.1) is 36.3 Å². The van der Waals surface area contributed by atoms with Crippen molar-refractivity contribution in [1.29, 1.82) is 0 Å². The maximum atomic E-state index is 13.5. The van der Waals surface area contributed by atoms with Crippen molar-refractivity contribution in [3.63, 3.8) is 0 Å². The fourth-order valence-corrected chi connectivity index (χ4v) is 4.61. The Hall–Kier alpha value is -2.85. The van der Waals surface area contributed by atoms with Gasteiger partial charge < -0.3 is 30.3 Å². The fourth-order valence-electron chi connectivity index (χ4n) is 4.61. The van der Waals surface area contributed by atoms with Crippen LogP contribution in [-0.4, -0.2) is 72.9 Å². The van der Waals surface area contributed by atoms with Gasteiger partial charge in [-0.25, -0.2) is 0 Å². The number of Topliss-reactive ketones (excluding diaryl/α,β-unsaturated/α-hetero) is 1. The van der Waals surface area contributed by atoms with Crippen molar-refractivity contribution < 1.29 is 34.1 Å². The summed E-state index contributed by atoms with van der Waals surface area (Å²) in [5, 5.41) is 26.2. The maximum absolute atomic E-state index is 13.5. The standard InChI is InChI=1S/C30H43N2O7/c1-17-11-20(4)28(35)26(39-7)14-18(2)13-23-27(31-21(5)16-33)25(34)15-24(29(23)36)32-30(37)19(3)9-8-10-22(12-17)38-6/h8-12,15,18,20-22,26,28,31,33,35H,13-14,16H2,1-7H3,(H,32,37)/b10-8+,17-11-,19-9+/t18-,20+,21+,22-,26+,28-/m1/s1. The summed E-state index contributed by atoms with van der Waals surface area (Å²) in [5.41, 5.74) is 1.47. The van der Waals surface area contributed by atoms with Crippen LogP contribution in [0.2, 0.25) is 0 Å². The Balaban J connectivity index is 2.54. The predicted molar refractivity (Wildman–Crippen MR) is 149 cm³/mol. The number of ketones is 2. The second kappa shape index (κ2) is 15.1. The number of aliphatic hydroxyl groups is 2. The van der Waals surface area contributed by atoms with Gasteiger partial charge in [-0.05, 0) is 39.5 Å². The van der Waals surface area contributed by atoms with Gasteiger partial charge >= 0.3 is 0 Å². The van der Waals surface area contributed by atoms with E-state index >= 15 is 0 Å². The fraction of sp³-hybridized carbons (Fsp3) is 0.533. The van der Waals surface area contributed by atoms with Gasteiger partial charge in [0.25, 0.3) is 5.91 Å². The molecule has 4 N–H and O–H groups in total. The van der Waals surface area contributed by atoms with Crippen LogP contribution < -0.4 is 10.6 Å². The largest absolute Gasteiger partial charge is 0.394 e. The van der Waals surface area contributed by atoms with Gasteiger partial charge in [-0.2, -0.15) is 0 Å². The Morgan fingerprint density at radius 2 is 1.85 bits per heavy atom. The van der Waals surface area contributed by atoms with Crippen molar-refractivity contribution >= 4 is 17.5 Å². The van der Waals surface area contributed by atoms with Crippen LogP contribution in [0.3, 0.4) is 0 Å². The zero-order valence-electron chi connectivity index (χ0n) is 24.0. The van der Waals surface area contributed by atoms with Crippen LogP contribution in [0.15, 0.2) is 58.5 Å². The molecule has 0 aromatic rings. The minimum Gasteiger partial charge on any atom is -0.394 e. The highest BCUT2D eigenvalue weighted by Crippen LogP contribution is 2.28. The minimum absolute atomic E-state index is 0.107. The molecule has 1 amide bonds. The molecular weight excluding hydrogens is 500 g/mol. The lowest BCUT2D eigenvalue weighted by molar-refractivity contribution is -0.120. The molecule has 6 atom stereocenters. The average Bonchev–Trinajstić information content (AvgIpc) is 2.89. The van der Waals surface area contributed by atoms with E-state index in [1.54, 1.807) is 39.2 Å². The zero-order chi connectivity index (χ0) is 29.3. The van der Waals surface area contributed by atoms with E-state index < -0.39 is 35.7 Å². The quantitative estimate of drug-likeness (QED) is 0.389. The van der Waals surface area contributed by atoms with Crippen molar-refractivity contribution in [2.45, 2.75) is 71.8 Å². The molecular formula is C30H43N2O7. The molecule has 0 aromatic heterocycles. The summed E-state index contributed by atoms with van der Waals surface area (Å²) in [4.78, 5) is 39.5. The summed E-state index contributed by atoms with van der Waals surface area (Å²) in [7, 11) is 3.11. The molecule has 0 saturated carbocycles. The van der Waals surface area contributed by atoms with Gasteiger partial charge in [0.1, 0.15) is 0 Å². The molecule has 0 fully saturated rings. The number of hydrogen-bond acceptors (Lipinski definition) is 8. The first kappa shape index (κ1) is 32.4. The molecule has 2 bridgehead atoms. The third kappa shape index (κ3) is 9.10. The number of amides is 1. The van der Waals surface area contributed by atoms with E-state index in [1.807, 2.05) is 33.3 Å². The molecule has 9 nitrogen and oxygen atoms in total. The number of ether oxygens (including phenoxy) is 2. The SMILES string of the molecule is CO[C@H]1C[C@H](C)CC2=C(N[C@@H](C)CO)C(=O)C=C(NC(=O)/C(C)=C/C=C/[C@@H](OC)[CH]/C(C)=C\[C@H](C)[C@H]1O)C2=O. The van der Waals surface area contributed by atoms with E-state index in [-0.39, 0.29) is 47.9 Å². The lowest BCUT2D eigenvalue weighted by Crippen LogP contribution is -2.39. The van der Waals surface area contributed by atoms with Gasteiger partial charge in [0.15, 0.2) is 0 Å². The molecule has 1 aliphatic carbocycles. The van der Waals surface area contributed by atoms with Crippen LogP contribution in [0.25, 0.3) is 0 Å². The zero-order valence-corrected chi connectivity index (χ0v) is 24.0. The summed E-state index contributed by atoms with van der Waals surface area (Å²) in [5.74, 6) is -1.85. The number of carbonyl (C=O) groups excluding carboxylic acids is 3. The van der Waals surface area contributed by atoms with E-state index in [1.165, 1.54) is 7.11 Å². The Morgan fingerprint density at radius 3 is 2.46 bits per heavy atom. The van der Waals surface area contributed by atoms with Crippen molar-refractivity contribution in [2.75, 3.05) is 20.8 Å². The average molecular weight is 544 g/mol. The predicted octanol–water partition coefficient (Wildman–Crippen LogP) is 2.47. The van der Waals surface area contributed by atoms with Crippen LogP contribution in [-0.2, 0) is 23.9 Å². The molecule has 2 aliphatic rings. The van der Waals surface area contributed by atoms with Gasteiger partial charge in [0, 0.05) is 49.8 Å². The number of carbonyl (C=O) groups is 3. The van der Waals surface area contributed by atoms with Crippen LogP contribution in [0, 0.1) is 18.3 Å². The van der Waals surface area contributed by atoms with Crippen LogP contribution >= 0.6 is 0 Å². The number of fused-ring (bicyclic) bond motifs is 2. The number of methoxy groups -OCH3 is 2. The van der Waals surface area contributed by atoms with Gasteiger partial charge in [-0.1, -0.05) is 43.7 Å². The first-order valence-electron chi connectivity index (χ1n) is 13.3. The number of rotatable bonds is 5. The Morgan fingerprint density at radius 1 is 1.15 bits per heavy atom. The van der Waals surface area contributed by atoms with Crippen molar-refractivity contribution in [1.82, 2.24) is 10.6 Å². The topological polar surface area (TPSA) is 134 Å². The highest BCUT2D eigenvalue weighted by molar-refractivity contribution is 6.23. The Bertz CT molecular complexity index is 1070. The summed E-state index contributed by atoms with van der Waals surface area (Å²) in [6.07, 6.45) is 8.96. The molecule has 0 aromatic carbocycles. The number of hydrogen-bond donors (Lipinski definition) is 4. The minimum atomic E-state index is -0.815. The molecule has 39 heavy (non-hydrogen) atoms. The van der Waals surface area contributed by atoms with Gasteiger partial charge in [-0.15, -0.1) is 0 Å². The molecule has 0 spiro atoms. The van der Waals surface area contributed by atoms with Crippen molar-refractivity contribution in [3.05, 3.63) is 64.9 Å². The van der Waals surface area contributed by atoms with E-state index in [4.69, 9.17) is 9.47 Å².